The van der Waals surface area contributed by atoms with Crippen LogP contribution in [0.25, 0.3) is 0 Å². The molecular weight excluding hydrogens is 234 g/mol. The Morgan fingerprint density at radius 1 is 1.00 bits per heavy atom. The largest absolute Gasteiger partial charge is 0.328 e. The number of rotatable bonds is 4. The number of hydrogen-bond acceptors (Lipinski definition) is 3. The van der Waals surface area contributed by atoms with E-state index in [1.807, 2.05) is 0 Å². The number of hydrogen-bond donors (Lipinski definition) is 1. The Bertz CT molecular complexity index is 248. The maximum absolute atomic E-state index is 6.03. The van der Waals surface area contributed by atoms with Gasteiger partial charge in [0.1, 0.15) is 0 Å². The average molecular weight is 267 g/mol. The zero-order chi connectivity index (χ0) is 13.7. The van der Waals surface area contributed by atoms with Gasteiger partial charge < -0.3 is 15.5 Å². The summed E-state index contributed by atoms with van der Waals surface area (Å²) in [6.45, 7) is 6.19. The molecule has 1 saturated carbocycles. The summed E-state index contributed by atoms with van der Waals surface area (Å²) in [6.07, 6.45) is 10.5. The second-order valence-corrected chi connectivity index (χ2v) is 6.66. The fraction of sp³-hybridized carbons (Fsp3) is 1.00. The van der Waals surface area contributed by atoms with E-state index in [9.17, 15) is 0 Å². The van der Waals surface area contributed by atoms with Crippen LogP contribution >= 0.6 is 0 Å². The van der Waals surface area contributed by atoms with Crippen molar-refractivity contribution in [1.29, 1.82) is 0 Å². The van der Waals surface area contributed by atoms with E-state index in [-0.39, 0.29) is 0 Å². The van der Waals surface area contributed by atoms with E-state index in [1.54, 1.807) is 0 Å². The Labute approximate surface area is 119 Å². The molecule has 19 heavy (non-hydrogen) atoms. The predicted molar refractivity (Wildman–Crippen MR) is 82.4 cm³/mol. The van der Waals surface area contributed by atoms with Crippen molar-refractivity contribution in [3.05, 3.63) is 0 Å². The van der Waals surface area contributed by atoms with Crippen molar-refractivity contribution in [3.63, 3.8) is 0 Å². The summed E-state index contributed by atoms with van der Waals surface area (Å²) < 4.78 is 0. The first-order chi connectivity index (χ1) is 9.20. The van der Waals surface area contributed by atoms with Gasteiger partial charge in [-0.1, -0.05) is 6.92 Å². The summed E-state index contributed by atoms with van der Waals surface area (Å²) in [5.74, 6) is 0. The van der Waals surface area contributed by atoms with Crippen LogP contribution in [0, 0.1) is 0 Å². The van der Waals surface area contributed by atoms with Crippen molar-refractivity contribution < 1.29 is 0 Å². The lowest BCUT2D eigenvalue weighted by atomic mass is 9.89. The Morgan fingerprint density at radius 3 is 2.37 bits per heavy atom. The molecule has 1 heterocycles. The minimum Gasteiger partial charge on any atom is -0.328 e. The van der Waals surface area contributed by atoms with Crippen LogP contribution in [-0.4, -0.2) is 54.6 Å². The lowest BCUT2D eigenvalue weighted by Crippen LogP contribution is -2.44. The van der Waals surface area contributed by atoms with E-state index in [4.69, 9.17) is 5.73 Å². The van der Waals surface area contributed by atoms with Crippen LogP contribution in [0.1, 0.15) is 58.3 Å². The normalized spacial score (nSPS) is 34.4. The van der Waals surface area contributed by atoms with Gasteiger partial charge >= 0.3 is 0 Å². The highest BCUT2D eigenvalue weighted by Crippen LogP contribution is 2.26. The van der Waals surface area contributed by atoms with Crippen molar-refractivity contribution in [2.75, 3.05) is 26.7 Å². The van der Waals surface area contributed by atoms with Gasteiger partial charge in [-0.05, 0) is 78.0 Å². The second kappa shape index (κ2) is 7.61. The van der Waals surface area contributed by atoms with Crippen LogP contribution < -0.4 is 5.73 Å². The van der Waals surface area contributed by atoms with E-state index in [0.717, 1.165) is 12.1 Å². The van der Waals surface area contributed by atoms with Crippen molar-refractivity contribution in [1.82, 2.24) is 9.80 Å². The molecule has 0 amide bonds. The van der Waals surface area contributed by atoms with Crippen molar-refractivity contribution in [2.24, 2.45) is 5.73 Å². The zero-order valence-electron chi connectivity index (χ0n) is 13.0. The monoisotopic (exact) mass is 267 g/mol. The summed E-state index contributed by atoms with van der Waals surface area (Å²) in [5.41, 5.74) is 6.03. The highest BCUT2D eigenvalue weighted by Gasteiger charge is 2.27. The molecule has 1 atom stereocenters. The number of likely N-dealkylation sites (tertiary alicyclic amines) is 1. The average Bonchev–Trinajstić information content (AvgIpc) is 2.65. The maximum Gasteiger partial charge on any atom is 0.0108 e. The molecule has 1 aliphatic carbocycles. The van der Waals surface area contributed by atoms with Gasteiger partial charge in [0.15, 0.2) is 0 Å². The van der Waals surface area contributed by atoms with Crippen LogP contribution in [0.5, 0.6) is 0 Å². The summed E-state index contributed by atoms with van der Waals surface area (Å²) in [5, 5.41) is 0. The Balaban J connectivity index is 1.80. The first kappa shape index (κ1) is 15.3. The molecule has 0 bridgehead atoms. The van der Waals surface area contributed by atoms with Crippen LogP contribution in [0.15, 0.2) is 0 Å². The maximum atomic E-state index is 6.03. The Hall–Kier alpha value is -0.120. The van der Waals surface area contributed by atoms with Gasteiger partial charge in [-0.3, -0.25) is 0 Å². The van der Waals surface area contributed by atoms with Crippen LogP contribution in [0.2, 0.25) is 0 Å². The molecule has 3 nitrogen and oxygen atoms in total. The highest BCUT2D eigenvalue weighted by molar-refractivity contribution is 4.85. The van der Waals surface area contributed by atoms with Crippen molar-refractivity contribution in [2.45, 2.75) is 76.4 Å². The lowest BCUT2D eigenvalue weighted by molar-refractivity contribution is 0.120. The molecule has 0 aromatic carbocycles. The van der Waals surface area contributed by atoms with Gasteiger partial charge in [-0.25, -0.2) is 0 Å². The summed E-state index contributed by atoms with van der Waals surface area (Å²) in [4.78, 5) is 5.35. The molecule has 1 unspecified atom stereocenters. The third-order valence-corrected chi connectivity index (χ3v) is 5.22. The molecule has 2 rings (SSSR count). The third kappa shape index (κ3) is 4.44. The molecule has 2 aliphatic rings. The Morgan fingerprint density at radius 2 is 1.68 bits per heavy atom. The van der Waals surface area contributed by atoms with Gasteiger partial charge in [0, 0.05) is 18.1 Å². The minimum atomic E-state index is 0.471. The quantitative estimate of drug-likeness (QED) is 0.849. The van der Waals surface area contributed by atoms with Gasteiger partial charge in [-0.2, -0.15) is 0 Å². The van der Waals surface area contributed by atoms with Crippen LogP contribution in [0.3, 0.4) is 0 Å². The molecule has 2 fully saturated rings. The first-order valence-electron chi connectivity index (χ1n) is 8.40. The van der Waals surface area contributed by atoms with E-state index in [1.165, 1.54) is 71.0 Å². The molecule has 0 spiro atoms. The van der Waals surface area contributed by atoms with Gasteiger partial charge in [0.05, 0.1) is 0 Å². The first-order valence-corrected chi connectivity index (χ1v) is 8.40. The predicted octanol–water partition coefficient (Wildman–Crippen LogP) is 2.45. The van der Waals surface area contributed by atoms with Crippen molar-refractivity contribution in [3.8, 4) is 0 Å². The van der Waals surface area contributed by atoms with Crippen molar-refractivity contribution >= 4 is 0 Å². The molecule has 0 radical (unpaired) electrons. The lowest BCUT2D eigenvalue weighted by Gasteiger charge is -2.38. The smallest absolute Gasteiger partial charge is 0.0108 e. The molecule has 1 aliphatic heterocycles. The standard InChI is InChI=1S/C16H33N3/c1-3-11-19-12-4-5-15(10-13-19)18(2)16-8-6-14(17)7-9-16/h14-16H,3-13,17H2,1-2H3. The molecule has 3 heteroatoms. The molecule has 0 aromatic heterocycles. The van der Waals surface area contributed by atoms with E-state index < -0.39 is 0 Å². The van der Waals surface area contributed by atoms with E-state index in [0.29, 0.717) is 6.04 Å². The SMILES string of the molecule is CCCN1CCCC(N(C)C2CCC(N)CC2)CC1. The van der Waals surface area contributed by atoms with Gasteiger partial charge in [0.2, 0.25) is 0 Å². The van der Waals surface area contributed by atoms with E-state index in [2.05, 4.69) is 23.8 Å². The Kier molecular flexibility index (Phi) is 6.11. The molecule has 1 saturated heterocycles. The summed E-state index contributed by atoms with van der Waals surface area (Å²) in [6, 6.07) is 2.07. The van der Waals surface area contributed by atoms with E-state index >= 15 is 0 Å². The fourth-order valence-corrected chi connectivity index (χ4v) is 3.89. The summed E-state index contributed by atoms with van der Waals surface area (Å²) >= 11 is 0. The number of nitrogens with zero attached hydrogens (tertiary/aromatic N) is 2. The second-order valence-electron chi connectivity index (χ2n) is 6.66. The third-order valence-electron chi connectivity index (χ3n) is 5.22. The number of nitrogens with two attached hydrogens (primary N) is 1. The van der Waals surface area contributed by atoms with Crippen LogP contribution in [0.4, 0.5) is 0 Å². The molecular formula is C16H33N3. The zero-order valence-corrected chi connectivity index (χ0v) is 13.0. The summed E-state index contributed by atoms with van der Waals surface area (Å²) in [7, 11) is 2.36. The topological polar surface area (TPSA) is 32.5 Å². The molecule has 2 N–H and O–H groups in total. The van der Waals surface area contributed by atoms with Gasteiger partial charge in [0.25, 0.3) is 0 Å². The highest BCUT2D eigenvalue weighted by atomic mass is 15.2. The molecule has 0 aromatic rings. The molecule has 112 valence electrons. The fourth-order valence-electron chi connectivity index (χ4n) is 3.89. The minimum absolute atomic E-state index is 0.471. The van der Waals surface area contributed by atoms with Crippen LogP contribution in [-0.2, 0) is 0 Å². The van der Waals surface area contributed by atoms with Gasteiger partial charge in [-0.15, -0.1) is 0 Å².